The minimum Gasteiger partial charge on any atom is -0.303 e. The van der Waals surface area contributed by atoms with Gasteiger partial charge in [-0.2, -0.15) is 5.10 Å². The number of carbonyl (C=O) groups excluding carboxylic acids is 1. The Labute approximate surface area is 198 Å². The number of rotatable bonds is 8. The molecule has 0 aliphatic heterocycles. The number of fused-ring (bicyclic) bond motifs is 1. The highest BCUT2D eigenvalue weighted by Crippen LogP contribution is 2.23. The lowest BCUT2D eigenvalue weighted by Crippen LogP contribution is -2.31. The van der Waals surface area contributed by atoms with Gasteiger partial charge in [-0.15, -0.1) is 0 Å². The molecule has 0 saturated heterocycles. The van der Waals surface area contributed by atoms with Crippen LogP contribution in [-0.4, -0.2) is 31.5 Å². The standard InChI is InChI=1S/C28H27N5O/c1-20-8-10-21(11-9-20)12-14-29-27(22-6-4-3-5-7-22)28(34)25-18-30-26-16-23(13-15-33(25)26)24-17-31-32(2)19-24/h3-11,13,15-19,27,29H,12,14H2,1-2H3/t27-/m0/s1. The first kappa shape index (κ1) is 21.8. The Morgan fingerprint density at radius 1 is 1.00 bits per heavy atom. The van der Waals surface area contributed by atoms with Crippen molar-refractivity contribution in [1.82, 2.24) is 24.5 Å². The van der Waals surface area contributed by atoms with Crippen molar-refractivity contribution in [3.63, 3.8) is 0 Å². The lowest BCUT2D eigenvalue weighted by atomic mass is 10.00. The van der Waals surface area contributed by atoms with Crippen molar-refractivity contribution >= 4 is 11.4 Å². The molecule has 0 fully saturated rings. The fraction of sp³-hybridized carbons (Fsp3) is 0.179. The highest BCUT2D eigenvalue weighted by molar-refractivity contribution is 6.00. The van der Waals surface area contributed by atoms with Crippen molar-refractivity contribution in [3.05, 3.63) is 114 Å². The Morgan fingerprint density at radius 2 is 1.79 bits per heavy atom. The Bertz CT molecular complexity index is 1420. The Morgan fingerprint density at radius 3 is 2.53 bits per heavy atom. The zero-order valence-corrected chi connectivity index (χ0v) is 19.3. The zero-order valence-electron chi connectivity index (χ0n) is 19.3. The molecule has 0 amide bonds. The lowest BCUT2D eigenvalue weighted by molar-refractivity contribution is 0.0937. The molecule has 34 heavy (non-hydrogen) atoms. The molecule has 170 valence electrons. The minimum absolute atomic E-state index is 0.00302. The van der Waals surface area contributed by atoms with Crippen molar-refractivity contribution in [1.29, 1.82) is 0 Å². The number of ketones is 1. The summed E-state index contributed by atoms with van der Waals surface area (Å²) in [5, 5.41) is 7.74. The number of nitrogens with one attached hydrogen (secondary N) is 1. The summed E-state index contributed by atoms with van der Waals surface area (Å²) in [6.07, 6.45) is 8.21. The predicted molar refractivity (Wildman–Crippen MR) is 134 cm³/mol. The van der Waals surface area contributed by atoms with Gasteiger partial charge in [0.25, 0.3) is 0 Å². The molecule has 1 atom stereocenters. The monoisotopic (exact) mass is 449 g/mol. The first-order chi connectivity index (χ1) is 16.6. The molecule has 3 aromatic heterocycles. The number of hydrogen-bond acceptors (Lipinski definition) is 4. The summed E-state index contributed by atoms with van der Waals surface area (Å²) in [6.45, 7) is 2.78. The molecule has 0 aliphatic carbocycles. The number of aromatic nitrogens is 4. The Kier molecular flexibility index (Phi) is 6.06. The summed E-state index contributed by atoms with van der Waals surface area (Å²) >= 11 is 0. The number of aryl methyl sites for hydroxylation is 2. The number of benzene rings is 2. The van der Waals surface area contributed by atoms with Gasteiger partial charge < -0.3 is 5.32 Å². The Hall–Kier alpha value is -4.03. The van der Waals surface area contributed by atoms with Crippen LogP contribution >= 0.6 is 0 Å². The van der Waals surface area contributed by atoms with Crippen molar-refractivity contribution in [3.8, 4) is 11.1 Å². The van der Waals surface area contributed by atoms with E-state index in [9.17, 15) is 4.79 Å². The van der Waals surface area contributed by atoms with Gasteiger partial charge in [0.05, 0.1) is 18.4 Å². The van der Waals surface area contributed by atoms with Crippen LogP contribution in [0, 0.1) is 6.92 Å². The largest absolute Gasteiger partial charge is 0.303 e. The van der Waals surface area contributed by atoms with Gasteiger partial charge in [0, 0.05) is 31.5 Å². The van der Waals surface area contributed by atoms with Crippen LogP contribution in [0.2, 0.25) is 0 Å². The average Bonchev–Trinajstić information content (AvgIpc) is 3.49. The van der Waals surface area contributed by atoms with Crippen LogP contribution < -0.4 is 5.32 Å². The number of Topliss-reactive ketones (excluding diaryl/α,β-unsaturated/α-hetero) is 1. The topological polar surface area (TPSA) is 64.2 Å². The van der Waals surface area contributed by atoms with E-state index in [1.54, 1.807) is 10.9 Å². The molecule has 0 aliphatic rings. The third kappa shape index (κ3) is 4.54. The number of carbonyl (C=O) groups is 1. The van der Waals surface area contributed by atoms with E-state index in [2.05, 4.69) is 46.6 Å². The van der Waals surface area contributed by atoms with Crippen LogP contribution in [0.4, 0.5) is 0 Å². The molecule has 0 saturated carbocycles. The summed E-state index contributed by atoms with van der Waals surface area (Å²) in [7, 11) is 1.89. The summed E-state index contributed by atoms with van der Waals surface area (Å²) in [5.41, 5.74) is 6.75. The number of hydrogen-bond donors (Lipinski definition) is 1. The summed E-state index contributed by atoms with van der Waals surface area (Å²) < 4.78 is 3.63. The maximum atomic E-state index is 13.7. The van der Waals surface area contributed by atoms with Gasteiger partial charge in [-0.1, -0.05) is 60.2 Å². The molecule has 5 aromatic rings. The molecule has 2 aromatic carbocycles. The van der Waals surface area contributed by atoms with Crippen LogP contribution in [-0.2, 0) is 13.5 Å². The normalized spacial score (nSPS) is 12.2. The maximum absolute atomic E-state index is 13.7. The maximum Gasteiger partial charge on any atom is 0.202 e. The molecule has 6 nitrogen and oxygen atoms in total. The summed E-state index contributed by atoms with van der Waals surface area (Å²) in [4.78, 5) is 18.3. The third-order valence-corrected chi connectivity index (χ3v) is 6.08. The second kappa shape index (κ2) is 9.45. The van der Waals surface area contributed by atoms with Gasteiger partial charge in [0.1, 0.15) is 11.3 Å². The van der Waals surface area contributed by atoms with E-state index >= 15 is 0 Å². The van der Waals surface area contributed by atoms with Gasteiger partial charge in [0.2, 0.25) is 5.78 Å². The molecule has 1 N–H and O–H groups in total. The van der Waals surface area contributed by atoms with Gasteiger partial charge in [-0.05, 0) is 42.2 Å². The zero-order chi connectivity index (χ0) is 23.5. The molecule has 5 rings (SSSR count). The molecular weight excluding hydrogens is 422 g/mol. The second-order valence-corrected chi connectivity index (χ2v) is 8.59. The van der Waals surface area contributed by atoms with Crippen molar-refractivity contribution < 1.29 is 4.79 Å². The van der Waals surface area contributed by atoms with Crippen molar-refractivity contribution in [2.75, 3.05) is 6.54 Å². The smallest absolute Gasteiger partial charge is 0.202 e. The fourth-order valence-corrected chi connectivity index (χ4v) is 4.18. The van der Waals surface area contributed by atoms with E-state index in [0.29, 0.717) is 12.2 Å². The quantitative estimate of drug-likeness (QED) is 0.346. The number of imidazole rings is 1. The molecule has 0 unspecified atom stereocenters. The fourth-order valence-electron chi connectivity index (χ4n) is 4.18. The number of nitrogens with zero attached hydrogens (tertiary/aromatic N) is 4. The van der Waals surface area contributed by atoms with Crippen LogP contribution in [0.1, 0.15) is 33.2 Å². The van der Waals surface area contributed by atoms with Crippen molar-refractivity contribution in [2.45, 2.75) is 19.4 Å². The van der Waals surface area contributed by atoms with E-state index in [1.165, 1.54) is 11.1 Å². The van der Waals surface area contributed by atoms with Crippen molar-refractivity contribution in [2.24, 2.45) is 7.05 Å². The summed E-state index contributed by atoms with van der Waals surface area (Å²) in [6, 6.07) is 21.9. The first-order valence-corrected chi connectivity index (χ1v) is 11.4. The third-order valence-electron chi connectivity index (χ3n) is 6.08. The number of pyridine rings is 1. The van der Waals surface area contributed by atoms with Gasteiger partial charge >= 0.3 is 0 Å². The van der Waals surface area contributed by atoms with Crippen LogP contribution in [0.25, 0.3) is 16.8 Å². The van der Waals surface area contributed by atoms with E-state index in [0.717, 1.165) is 28.8 Å². The second-order valence-electron chi connectivity index (χ2n) is 8.59. The molecule has 6 heteroatoms. The highest BCUT2D eigenvalue weighted by Gasteiger charge is 2.24. The van der Waals surface area contributed by atoms with E-state index in [1.807, 2.05) is 72.5 Å². The van der Waals surface area contributed by atoms with E-state index in [-0.39, 0.29) is 5.78 Å². The summed E-state index contributed by atoms with van der Waals surface area (Å²) in [5.74, 6) is -0.00302. The van der Waals surface area contributed by atoms with E-state index in [4.69, 9.17) is 0 Å². The van der Waals surface area contributed by atoms with Gasteiger partial charge in [-0.25, -0.2) is 4.98 Å². The van der Waals surface area contributed by atoms with Crippen LogP contribution in [0.5, 0.6) is 0 Å². The molecular formula is C28H27N5O. The van der Waals surface area contributed by atoms with E-state index < -0.39 is 6.04 Å². The molecule has 0 spiro atoms. The lowest BCUT2D eigenvalue weighted by Gasteiger charge is -2.18. The molecule has 0 bridgehead atoms. The molecule has 3 heterocycles. The first-order valence-electron chi connectivity index (χ1n) is 11.4. The Balaban J connectivity index is 1.40. The highest BCUT2D eigenvalue weighted by atomic mass is 16.1. The van der Waals surface area contributed by atoms with Crippen LogP contribution in [0.3, 0.4) is 0 Å². The minimum atomic E-state index is -0.454. The van der Waals surface area contributed by atoms with Crippen LogP contribution in [0.15, 0.2) is 91.5 Å². The molecule has 0 radical (unpaired) electrons. The van der Waals surface area contributed by atoms with Gasteiger partial charge in [-0.3, -0.25) is 13.9 Å². The predicted octanol–water partition coefficient (Wildman–Crippen LogP) is 4.80. The van der Waals surface area contributed by atoms with Gasteiger partial charge in [0.15, 0.2) is 0 Å². The average molecular weight is 450 g/mol. The SMILES string of the molecule is Cc1ccc(CCN[C@H](C(=O)c2cnc3cc(-c4cnn(C)c4)ccn23)c2ccccc2)cc1.